The van der Waals surface area contributed by atoms with Crippen molar-refractivity contribution in [2.24, 2.45) is 0 Å². The fourth-order valence-electron chi connectivity index (χ4n) is 2.63. The molecule has 160 valence electrons. The second-order valence-electron chi connectivity index (χ2n) is 6.29. The zero-order valence-electron chi connectivity index (χ0n) is 16.0. The summed E-state index contributed by atoms with van der Waals surface area (Å²) < 4.78 is 6.77. The number of carbonyl (C=O) groups is 1. The number of halogens is 2. The van der Waals surface area contributed by atoms with Crippen LogP contribution in [-0.2, 0) is 13.1 Å². The van der Waals surface area contributed by atoms with E-state index in [0.717, 1.165) is 9.75 Å². The van der Waals surface area contributed by atoms with E-state index in [0.29, 0.717) is 40.8 Å². The highest BCUT2D eigenvalue weighted by molar-refractivity contribution is 7.10. The van der Waals surface area contributed by atoms with Crippen molar-refractivity contribution >= 4 is 63.7 Å². The molecule has 0 radical (unpaired) electrons. The largest absolute Gasteiger partial charge is 0.482 e. The lowest BCUT2D eigenvalue weighted by Gasteiger charge is -2.09. The Hall–Kier alpha value is -2.59. The Morgan fingerprint density at radius 1 is 1.03 bits per heavy atom. The molecule has 0 aliphatic carbocycles. The van der Waals surface area contributed by atoms with Gasteiger partial charge in [0.2, 0.25) is 11.9 Å². The Labute approximate surface area is 196 Å². The van der Waals surface area contributed by atoms with Gasteiger partial charge in [-0.1, -0.05) is 35.3 Å². The summed E-state index contributed by atoms with van der Waals surface area (Å²) in [4.78, 5) is 19.5. The van der Waals surface area contributed by atoms with Crippen LogP contribution in [0.25, 0.3) is 0 Å². The number of aromatic nitrogens is 3. The second kappa shape index (κ2) is 10.1. The minimum Gasteiger partial charge on any atom is -0.482 e. The molecule has 11 heteroatoms. The minimum absolute atomic E-state index is 0.261. The summed E-state index contributed by atoms with van der Waals surface area (Å²) in [7, 11) is 0. The molecule has 0 spiro atoms. The molecule has 0 unspecified atom stereocenters. The number of anilines is 2. The average Bonchev–Trinajstić information content (AvgIpc) is 3.52. The van der Waals surface area contributed by atoms with Gasteiger partial charge in [0.25, 0.3) is 5.91 Å². The first-order chi connectivity index (χ1) is 15.1. The molecule has 0 atom stereocenters. The molecule has 3 heterocycles. The lowest BCUT2D eigenvalue weighted by molar-refractivity contribution is 0.0824. The van der Waals surface area contributed by atoms with Gasteiger partial charge in [0.1, 0.15) is 5.75 Å². The minimum atomic E-state index is -0.392. The molecule has 0 bridgehead atoms. The summed E-state index contributed by atoms with van der Waals surface area (Å²) in [6.07, 6.45) is 0. The van der Waals surface area contributed by atoms with Crippen LogP contribution in [-0.4, -0.2) is 27.3 Å². The number of nitrogens with zero attached hydrogens (tertiary/aromatic N) is 3. The van der Waals surface area contributed by atoms with Gasteiger partial charge < -0.3 is 15.4 Å². The summed E-state index contributed by atoms with van der Waals surface area (Å²) in [5.74, 6) is 0.651. The van der Waals surface area contributed by atoms with Crippen LogP contribution in [0.5, 0.6) is 5.75 Å². The third-order valence-corrected chi connectivity index (χ3v) is 6.37. The molecule has 3 aromatic heterocycles. The van der Waals surface area contributed by atoms with Crippen molar-refractivity contribution in [3.8, 4) is 5.75 Å². The predicted molar refractivity (Wildman–Crippen MR) is 126 cm³/mol. The van der Waals surface area contributed by atoms with E-state index in [1.54, 1.807) is 40.9 Å². The molecule has 0 amide bonds. The third kappa shape index (κ3) is 5.76. The van der Waals surface area contributed by atoms with Gasteiger partial charge in [-0.25, -0.2) is 0 Å². The van der Waals surface area contributed by atoms with Crippen LogP contribution in [0.4, 0.5) is 11.9 Å². The number of thiophene rings is 2. The van der Waals surface area contributed by atoms with Crippen LogP contribution >= 0.6 is 45.9 Å². The normalized spacial score (nSPS) is 10.8. The van der Waals surface area contributed by atoms with Crippen molar-refractivity contribution in [2.75, 3.05) is 17.2 Å². The molecule has 0 fully saturated rings. The molecule has 0 aliphatic rings. The molecule has 0 aliphatic heterocycles. The highest BCUT2D eigenvalue weighted by Gasteiger charge is 2.18. The van der Waals surface area contributed by atoms with Gasteiger partial charge in [-0.05, 0) is 41.1 Å². The van der Waals surface area contributed by atoms with Crippen LogP contribution in [0.2, 0.25) is 10.0 Å². The van der Waals surface area contributed by atoms with E-state index in [1.165, 1.54) is 4.68 Å². The number of hydrogen-bond donors (Lipinski definition) is 2. The maximum Gasteiger partial charge on any atom is 0.288 e. The Morgan fingerprint density at radius 2 is 1.74 bits per heavy atom. The fourth-order valence-corrected chi connectivity index (χ4v) is 4.38. The van der Waals surface area contributed by atoms with Crippen LogP contribution in [0, 0.1) is 0 Å². The Bertz CT molecular complexity index is 1150. The molecule has 1 aromatic carbocycles. The maximum atomic E-state index is 12.8. The molecular weight excluding hydrogens is 477 g/mol. The number of nitrogens with one attached hydrogen (secondary N) is 2. The van der Waals surface area contributed by atoms with Crippen molar-refractivity contribution in [3.05, 3.63) is 73.0 Å². The monoisotopic (exact) mass is 493 g/mol. The van der Waals surface area contributed by atoms with Gasteiger partial charge in [0.15, 0.2) is 6.61 Å². The summed E-state index contributed by atoms with van der Waals surface area (Å²) in [5.41, 5.74) is 0. The molecule has 31 heavy (non-hydrogen) atoms. The number of carbonyl (C=O) groups excluding carboxylic acids is 1. The van der Waals surface area contributed by atoms with Crippen LogP contribution in [0.1, 0.15) is 14.5 Å². The lowest BCUT2D eigenvalue weighted by atomic mass is 10.3. The van der Waals surface area contributed by atoms with Gasteiger partial charge in [0.05, 0.1) is 18.1 Å². The summed E-state index contributed by atoms with van der Waals surface area (Å²) in [6.45, 7) is 0.831. The highest BCUT2D eigenvalue weighted by Crippen LogP contribution is 2.27. The first-order valence-electron chi connectivity index (χ1n) is 9.19. The number of hydrogen-bond acceptors (Lipinski definition) is 8. The summed E-state index contributed by atoms with van der Waals surface area (Å²) >= 11 is 15.3. The van der Waals surface area contributed by atoms with E-state index in [9.17, 15) is 4.79 Å². The molecule has 4 aromatic rings. The van der Waals surface area contributed by atoms with Crippen molar-refractivity contribution in [3.63, 3.8) is 0 Å². The smallest absolute Gasteiger partial charge is 0.288 e. The molecule has 7 nitrogen and oxygen atoms in total. The van der Waals surface area contributed by atoms with Crippen LogP contribution < -0.4 is 15.4 Å². The summed E-state index contributed by atoms with van der Waals surface area (Å²) in [5, 5.41) is 15.4. The van der Waals surface area contributed by atoms with Gasteiger partial charge in [-0.3, -0.25) is 4.79 Å². The van der Waals surface area contributed by atoms with E-state index >= 15 is 0 Å². The number of rotatable bonds is 9. The molecular formula is C20H17Cl2N5O2S2. The zero-order chi connectivity index (χ0) is 21.6. The summed E-state index contributed by atoms with van der Waals surface area (Å²) in [6, 6.07) is 12.8. The van der Waals surface area contributed by atoms with Crippen molar-refractivity contribution in [1.29, 1.82) is 0 Å². The molecule has 0 saturated heterocycles. The fraction of sp³-hybridized carbons (Fsp3) is 0.150. The quantitative estimate of drug-likeness (QED) is 0.313. The SMILES string of the molecule is O=C(COc1ccc(Cl)cc1Cl)n1nc(NCc2cccs2)nc1NCc1cccs1. The van der Waals surface area contributed by atoms with E-state index in [1.807, 2.05) is 35.0 Å². The number of benzene rings is 1. The average molecular weight is 494 g/mol. The topological polar surface area (TPSA) is 81.1 Å². The Kier molecular flexibility index (Phi) is 7.08. The van der Waals surface area contributed by atoms with Crippen LogP contribution in [0.15, 0.2) is 53.2 Å². The first kappa shape index (κ1) is 21.6. The van der Waals surface area contributed by atoms with Crippen LogP contribution in [0.3, 0.4) is 0 Å². The van der Waals surface area contributed by atoms with Crippen molar-refractivity contribution in [2.45, 2.75) is 13.1 Å². The Balaban J connectivity index is 1.47. The molecule has 0 saturated carbocycles. The highest BCUT2D eigenvalue weighted by atomic mass is 35.5. The van der Waals surface area contributed by atoms with E-state index in [-0.39, 0.29) is 6.61 Å². The van der Waals surface area contributed by atoms with Gasteiger partial charge >= 0.3 is 0 Å². The van der Waals surface area contributed by atoms with Gasteiger partial charge in [0, 0.05) is 14.8 Å². The zero-order valence-corrected chi connectivity index (χ0v) is 19.2. The lowest BCUT2D eigenvalue weighted by Crippen LogP contribution is -2.22. The van der Waals surface area contributed by atoms with Crippen molar-refractivity contribution < 1.29 is 9.53 Å². The second-order valence-corrected chi connectivity index (χ2v) is 9.20. The predicted octanol–water partition coefficient (Wildman–Crippen LogP) is 5.65. The van der Waals surface area contributed by atoms with Gasteiger partial charge in [-0.2, -0.15) is 9.67 Å². The van der Waals surface area contributed by atoms with E-state index < -0.39 is 5.91 Å². The number of ether oxygens (including phenoxy) is 1. The first-order valence-corrected chi connectivity index (χ1v) is 11.7. The van der Waals surface area contributed by atoms with Crippen molar-refractivity contribution in [1.82, 2.24) is 14.8 Å². The Morgan fingerprint density at radius 3 is 2.39 bits per heavy atom. The standard InChI is InChI=1S/C20H17Cl2N5O2S2/c21-13-5-6-17(16(22)9-13)29-12-18(28)27-20(24-11-15-4-2-8-31-15)25-19(26-27)23-10-14-3-1-7-30-14/h1-9H,10-12H2,(H2,23,24,25,26). The molecule has 2 N–H and O–H groups in total. The van der Waals surface area contributed by atoms with Gasteiger partial charge in [-0.15, -0.1) is 27.8 Å². The van der Waals surface area contributed by atoms with E-state index in [4.69, 9.17) is 27.9 Å². The maximum absolute atomic E-state index is 12.8. The third-order valence-electron chi connectivity index (χ3n) is 4.09. The molecule has 4 rings (SSSR count). The van der Waals surface area contributed by atoms with E-state index in [2.05, 4.69) is 20.7 Å².